The van der Waals surface area contributed by atoms with E-state index in [2.05, 4.69) is 5.32 Å². The maximum atomic E-state index is 11.7. The van der Waals surface area contributed by atoms with Crippen molar-refractivity contribution in [1.82, 2.24) is 5.32 Å². The van der Waals surface area contributed by atoms with Gasteiger partial charge in [-0.15, -0.1) is 0 Å². The molecule has 1 unspecified atom stereocenters. The van der Waals surface area contributed by atoms with Crippen LogP contribution in [-0.2, 0) is 9.47 Å². The van der Waals surface area contributed by atoms with Crippen LogP contribution in [0.4, 0.5) is 10.5 Å². The second-order valence-electron chi connectivity index (χ2n) is 5.11. The Bertz CT molecular complexity index is 479. The molecule has 0 spiro atoms. The second kappa shape index (κ2) is 6.33. The van der Waals surface area contributed by atoms with Gasteiger partial charge in [-0.3, -0.25) is 15.4 Å². The number of nitro benzene ring substituents is 1. The zero-order valence-corrected chi connectivity index (χ0v) is 11.9. The summed E-state index contributed by atoms with van der Waals surface area (Å²) in [6, 6.07) is 5.73. The molecule has 1 amide bonds. The standard InChI is InChI=1S/C13H18N2O5/c1-13(2,3)20-12(16)14-11(19-4)9-5-7-10(8-6-9)15(17)18/h5-8,11H,1-4H3,(H,14,16). The van der Waals surface area contributed by atoms with Gasteiger partial charge in [-0.25, -0.2) is 4.79 Å². The van der Waals surface area contributed by atoms with Crippen LogP contribution < -0.4 is 5.32 Å². The third-order valence-electron chi connectivity index (χ3n) is 2.29. The summed E-state index contributed by atoms with van der Waals surface area (Å²) in [6.45, 7) is 5.25. The van der Waals surface area contributed by atoms with Crippen LogP contribution in [0.3, 0.4) is 0 Å². The summed E-state index contributed by atoms with van der Waals surface area (Å²) in [5, 5.41) is 13.1. The lowest BCUT2D eigenvalue weighted by Gasteiger charge is -2.23. The number of carbonyl (C=O) groups excluding carboxylic acids is 1. The number of nitrogens with zero attached hydrogens (tertiary/aromatic N) is 1. The minimum atomic E-state index is -0.731. The molecule has 0 saturated heterocycles. The molecule has 1 atom stereocenters. The molecule has 20 heavy (non-hydrogen) atoms. The second-order valence-corrected chi connectivity index (χ2v) is 5.11. The summed E-state index contributed by atoms with van der Waals surface area (Å²) in [5.41, 5.74) is -0.0532. The van der Waals surface area contributed by atoms with Crippen molar-refractivity contribution in [2.24, 2.45) is 0 Å². The zero-order valence-electron chi connectivity index (χ0n) is 11.9. The molecule has 0 saturated carbocycles. The molecule has 0 aliphatic carbocycles. The van der Waals surface area contributed by atoms with Crippen molar-refractivity contribution in [3.63, 3.8) is 0 Å². The number of rotatable bonds is 4. The van der Waals surface area contributed by atoms with E-state index in [-0.39, 0.29) is 5.69 Å². The number of methoxy groups -OCH3 is 1. The van der Waals surface area contributed by atoms with Crippen molar-refractivity contribution in [3.05, 3.63) is 39.9 Å². The fourth-order valence-electron chi connectivity index (χ4n) is 1.46. The zero-order chi connectivity index (χ0) is 15.3. The first-order valence-electron chi connectivity index (χ1n) is 5.99. The number of ether oxygens (including phenoxy) is 2. The number of hydrogen-bond acceptors (Lipinski definition) is 5. The molecule has 7 heteroatoms. The van der Waals surface area contributed by atoms with Crippen molar-refractivity contribution >= 4 is 11.8 Å². The Balaban J connectivity index is 2.75. The average molecular weight is 282 g/mol. The molecule has 0 radical (unpaired) electrons. The summed E-state index contributed by atoms with van der Waals surface area (Å²) in [5.74, 6) is 0. The van der Waals surface area contributed by atoms with Crippen molar-refractivity contribution in [3.8, 4) is 0 Å². The van der Waals surface area contributed by atoms with E-state index in [1.165, 1.54) is 31.4 Å². The lowest BCUT2D eigenvalue weighted by Crippen LogP contribution is -2.35. The Hall–Kier alpha value is -2.15. The van der Waals surface area contributed by atoms with Gasteiger partial charge < -0.3 is 9.47 Å². The molecular formula is C13H18N2O5. The van der Waals surface area contributed by atoms with Gasteiger partial charge in [-0.2, -0.15) is 0 Å². The third-order valence-corrected chi connectivity index (χ3v) is 2.29. The van der Waals surface area contributed by atoms with E-state index in [0.717, 1.165) is 0 Å². The van der Waals surface area contributed by atoms with E-state index in [9.17, 15) is 14.9 Å². The lowest BCUT2D eigenvalue weighted by molar-refractivity contribution is -0.384. The number of non-ortho nitro benzene ring substituents is 1. The van der Waals surface area contributed by atoms with Crippen LogP contribution in [0.2, 0.25) is 0 Å². The maximum absolute atomic E-state index is 11.7. The molecule has 1 aromatic carbocycles. The molecule has 1 aromatic rings. The van der Waals surface area contributed by atoms with E-state index in [1.54, 1.807) is 20.8 Å². The SMILES string of the molecule is COC(NC(=O)OC(C)(C)C)c1ccc([N+](=O)[O-])cc1. The highest BCUT2D eigenvalue weighted by Gasteiger charge is 2.20. The monoisotopic (exact) mass is 282 g/mol. The minimum absolute atomic E-state index is 0.0270. The van der Waals surface area contributed by atoms with Crippen LogP contribution in [-0.4, -0.2) is 23.7 Å². The van der Waals surface area contributed by atoms with Gasteiger partial charge in [0.05, 0.1) is 4.92 Å². The summed E-state index contributed by atoms with van der Waals surface area (Å²) < 4.78 is 10.3. The fourth-order valence-corrected chi connectivity index (χ4v) is 1.46. The summed E-state index contributed by atoms with van der Waals surface area (Å²) in [4.78, 5) is 21.7. The molecule has 110 valence electrons. The Morgan fingerprint density at radius 1 is 1.30 bits per heavy atom. The number of nitro groups is 1. The van der Waals surface area contributed by atoms with Gasteiger partial charge in [0.25, 0.3) is 5.69 Å². The molecule has 0 aromatic heterocycles. The maximum Gasteiger partial charge on any atom is 0.409 e. The Kier molecular flexibility index (Phi) is 5.04. The Labute approximate surface area is 117 Å². The average Bonchev–Trinajstić information content (AvgIpc) is 2.34. The van der Waals surface area contributed by atoms with Crippen LogP contribution in [0.25, 0.3) is 0 Å². The summed E-state index contributed by atoms with van der Waals surface area (Å²) >= 11 is 0. The van der Waals surface area contributed by atoms with E-state index in [0.29, 0.717) is 5.56 Å². The van der Waals surface area contributed by atoms with E-state index in [1.807, 2.05) is 0 Å². The van der Waals surface area contributed by atoms with Crippen molar-refractivity contribution in [1.29, 1.82) is 0 Å². The first kappa shape index (κ1) is 15.9. The van der Waals surface area contributed by atoms with Gasteiger partial charge in [0.2, 0.25) is 0 Å². The number of amides is 1. The molecule has 1 N–H and O–H groups in total. The molecular weight excluding hydrogens is 264 g/mol. The highest BCUT2D eigenvalue weighted by atomic mass is 16.6. The quantitative estimate of drug-likeness (QED) is 0.521. The van der Waals surface area contributed by atoms with Gasteiger partial charge in [-0.05, 0) is 32.9 Å². The predicted octanol–water partition coefficient (Wildman–Crippen LogP) is 2.76. The van der Waals surface area contributed by atoms with E-state index < -0.39 is 22.8 Å². The molecule has 7 nitrogen and oxygen atoms in total. The Morgan fingerprint density at radius 3 is 2.25 bits per heavy atom. The molecule has 0 aliphatic heterocycles. The topological polar surface area (TPSA) is 90.7 Å². The summed E-state index contributed by atoms with van der Waals surface area (Å²) in [7, 11) is 1.42. The molecule has 0 aliphatic rings. The lowest BCUT2D eigenvalue weighted by atomic mass is 10.2. The normalized spacial score (nSPS) is 12.6. The largest absolute Gasteiger partial charge is 0.444 e. The smallest absolute Gasteiger partial charge is 0.409 e. The fraction of sp³-hybridized carbons (Fsp3) is 0.462. The molecule has 0 fully saturated rings. The predicted molar refractivity (Wildman–Crippen MR) is 72.2 cm³/mol. The van der Waals surface area contributed by atoms with Gasteiger partial charge in [0.1, 0.15) is 5.60 Å². The van der Waals surface area contributed by atoms with Crippen LogP contribution in [0.15, 0.2) is 24.3 Å². The third kappa shape index (κ3) is 4.85. The van der Waals surface area contributed by atoms with Crippen molar-refractivity contribution in [2.45, 2.75) is 32.6 Å². The minimum Gasteiger partial charge on any atom is -0.444 e. The molecule has 0 heterocycles. The number of nitrogens with one attached hydrogen (secondary N) is 1. The van der Waals surface area contributed by atoms with Gasteiger partial charge in [0.15, 0.2) is 6.23 Å². The first-order valence-corrected chi connectivity index (χ1v) is 5.99. The van der Waals surface area contributed by atoms with Gasteiger partial charge in [-0.1, -0.05) is 0 Å². The highest BCUT2D eigenvalue weighted by molar-refractivity contribution is 5.68. The van der Waals surface area contributed by atoms with Gasteiger partial charge >= 0.3 is 6.09 Å². The van der Waals surface area contributed by atoms with E-state index in [4.69, 9.17) is 9.47 Å². The molecule has 0 bridgehead atoms. The summed E-state index contributed by atoms with van der Waals surface area (Å²) in [6.07, 6.45) is -1.35. The number of carbonyl (C=O) groups is 1. The van der Waals surface area contributed by atoms with Crippen molar-refractivity contribution < 1.29 is 19.2 Å². The Morgan fingerprint density at radius 2 is 1.85 bits per heavy atom. The van der Waals surface area contributed by atoms with Crippen LogP contribution in [0.1, 0.15) is 32.6 Å². The van der Waals surface area contributed by atoms with Crippen LogP contribution in [0, 0.1) is 10.1 Å². The highest BCUT2D eigenvalue weighted by Crippen LogP contribution is 2.19. The first-order chi connectivity index (χ1) is 9.23. The number of benzene rings is 1. The van der Waals surface area contributed by atoms with E-state index >= 15 is 0 Å². The van der Waals surface area contributed by atoms with Crippen LogP contribution >= 0.6 is 0 Å². The van der Waals surface area contributed by atoms with Crippen LogP contribution in [0.5, 0.6) is 0 Å². The van der Waals surface area contributed by atoms with Crippen molar-refractivity contribution in [2.75, 3.05) is 7.11 Å². The van der Waals surface area contributed by atoms with Gasteiger partial charge in [0, 0.05) is 24.8 Å². The number of alkyl carbamates (subject to hydrolysis) is 1. The molecule has 1 rings (SSSR count). The number of hydrogen-bond donors (Lipinski definition) is 1.